The summed E-state index contributed by atoms with van der Waals surface area (Å²) in [6.07, 6.45) is 1.64. The molecule has 0 spiro atoms. The molecule has 0 aliphatic heterocycles. The number of rotatable bonds is 6. The van der Waals surface area contributed by atoms with Gasteiger partial charge in [-0.1, -0.05) is 62.4 Å². The van der Waals surface area contributed by atoms with Crippen molar-refractivity contribution in [2.24, 2.45) is 5.10 Å². The molecule has 138 valence electrons. The second-order valence-electron chi connectivity index (χ2n) is 6.88. The molecule has 0 aromatic heterocycles. The van der Waals surface area contributed by atoms with Crippen LogP contribution in [0.3, 0.4) is 0 Å². The summed E-state index contributed by atoms with van der Waals surface area (Å²) in [5.74, 6) is 0.788. The van der Waals surface area contributed by atoms with Crippen molar-refractivity contribution in [1.82, 2.24) is 5.43 Å². The molecule has 3 aromatic carbocycles. The van der Waals surface area contributed by atoms with Crippen LogP contribution in [0.15, 0.2) is 65.8 Å². The second-order valence-corrected chi connectivity index (χ2v) is 6.88. The van der Waals surface area contributed by atoms with Gasteiger partial charge in [0.1, 0.15) is 5.75 Å². The minimum Gasteiger partial charge on any atom is -0.483 e. The minimum atomic E-state index is -0.289. The van der Waals surface area contributed by atoms with Gasteiger partial charge in [0.15, 0.2) is 6.61 Å². The Morgan fingerprint density at radius 1 is 1.07 bits per heavy atom. The number of carbonyl (C=O) groups excluding carboxylic acids is 1. The molecule has 0 aliphatic carbocycles. The third kappa shape index (κ3) is 4.94. The Morgan fingerprint density at radius 2 is 1.85 bits per heavy atom. The summed E-state index contributed by atoms with van der Waals surface area (Å²) in [7, 11) is 0. The van der Waals surface area contributed by atoms with Gasteiger partial charge in [0.25, 0.3) is 5.91 Å². The number of ether oxygens (including phenoxy) is 1. The van der Waals surface area contributed by atoms with Crippen LogP contribution in [0.5, 0.6) is 5.75 Å². The van der Waals surface area contributed by atoms with E-state index < -0.39 is 0 Å². The fourth-order valence-corrected chi connectivity index (χ4v) is 2.89. The van der Waals surface area contributed by atoms with Gasteiger partial charge in [-0.15, -0.1) is 0 Å². The summed E-state index contributed by atoms with van der Waals surface area (Å²) in [6.45, 7) is 6.14. The number of nitrogens with zero attached hydrogens (tertiary/aromatic N) is 1. The lowest BCUT2D eigenvalue weighted by Gasteiger charge is -2.14. The van der Waals surface area contributed by atoms with Crippen LogP contribution in [0.1, 0.15) is 36.5 Å². The van der Waals surface area contributed by atoms with E-state index in [4.69, 9.17) is 4.74 Å². The predicted octanol–water partition coefficient (Wildman–Crippen LogP) is 4.80. The van der Waals surface area contributed by atoms with Crippen LogP contribution in [0.2, 0.25) is 0 Å². The van der Waals surface area contributed by atoms with Crippen molar-refractivity contribution in [2.75, 3.05) is 6.61 Å². The van der Waals surface area contributed by atoms with Crippen molar-refractivity contribution in [2.45, 2.75) is 26.7 Å². The fraction of sp³-hybridized carbons (Fsp3) is 0.217. The van der Waals surface area contributed by atoms with Crippen LogP contribution in [0.25, 0.3) is 10.8 Å². The zero-order valence-corrected chi connectivity index (χ0v) is 15.9. The summed E-state index contributed by atoms with van der Waals surface area (Å²) in [5, 5.41) is 6.34. The molecule has 4 heteroatoms. The Morgan fingerprint density at radius 3 is 2.63 bits per heavy atom. The maximum Gasteiger partial charge on any atom is 0.277 e. The molecular formula is C23H24N2O2. The average Bonchev–Trinajstić information content (AvgIpc) is 2.66. The Hall–Kier alpha value is -3.14. The molecule has 0 saturated carbocycles. The lowest BCUT2D eigenvalue weighted by molar-refractivity contribution is -0.123. The zero-order valence-electron chi connectivity index (χ0n) is 15.9. The molecule has 0 heterocycles. The van der Waals surface area contributed by atoms with Gasteiger partial charge in [0.2, 0.25) is 0 Å². The van der Waals surface area contributed by atoms with Crippen LogP contribution >= 0.6 is 0 Å². The summed E-state index contributed by atoms with van der Waals surface area (Å²) >= 11 is 0. The third-order valence-corrected chi connectivity index (χ3v) is 4.33. The van der Waals surface area contributed by atoms with Crippen molar-refractivity contribution in [3.63, 3.8) is 0 Å². The quantitative estimate of drug-likeness (QED) is 0.507. The van der Waals surface area contributed by atoms with Gasteiger partial charge in [-0.3, -0.25) is 4.79 Å². The van der Waals surface area contributed by atoms with E-state index in [1.54, 1.807) is 6.21 Å². The molecule has 1 N–H and O–H groups in total. The first kappa shape index (κ1) is 18.6. The highest BCUT2D eigenvalue weighted by Gasteiger charge is 2.10. The first-order valence-corrected chi connectivity index (χ1v) is 9.07. The van der Waals surface area contributed by atoms with Crippen molar-refractivity contribution in [1.29, 1.82) is 0 Å². The van der Waals surface area contributed by atoms with Crippen molar-refractivity contribution >= 4 is 22.9 Å². The molecule has 0 aliphatic rings. The summed E-state index contributed by atoms with van der Waals surface area (Å²) < 4.78 is 5.72. The summed E-state index contributed by atoms with van der Waals surface area (Å²) in [6, 6.07) is 20.2. The monoisotopic (exact) mass is 360 g/mol. The van der Waals surface area contributed by atoms with Crippen molar-refractivity contribution in [3.8, 4) is 5.75 Å². The Labute approximate surface area is 159 Å². The molecule has 1 amide bonds. The third-order valence-electron chi connectivity index (χ3n) is 4.33. The molecule has 3 rings (SSSR count). The van der Waals surface area contributed by atoms with E-state index in [0.29, 0.717) is 5.92 Å². The molecule has 4 nitrogen and oxygen atoms in total. The number of hydrazone groups is 1. The van der Waals surface area contributed by atoms with Gasteiger partial charge in [-0.05, 0) is 52.4 Å². The molecule has 27 heavy (non-hydrogen) atoms. The number of aryl methyl sites for hydroxylation is 1. The Balaban J connectivity index is 1.58. The number of benzene rings is 3. The van der Waals surface area contributed by atoms with Crippen LogP contribution in [0, 0.1) is 6.92 Å². The van der Waals surface area contributed by atoms with Gasteiger partial charge in [-0.25, -0.2) is 5.43 Å². The van der Waals surface area contributed by atoms with E-state index in [9.17, 15) is 4.79 Å². The minimum absolute atomic E-state index is 0.0712. The highest BCUT2D eigenvalue weighted by atomic mass is 16.5. The van der Waals surface area contributed by atoms with Crippen molar-refractivity contribution in [3.05, 3.63) is 77.4 Å². The lowest BCUT2D eigenvalue weighted by Crippen LogP contribution is -2.25. The van der Waals surface area contributed by atoms with Crippen LogP contribution < -0.4 is 10.2 Å². The molecule has 3 aromatic rings. The first-order chi connectivity index (χ1) is 13.0. The number of hydrogen-bond donors (Lipinski definition) is 1. The highest BCUT2D eigenvalue weighted by molar-refractivity contribution is 5.90. The molecular weight excluding hydrogens is 336 g/mol. The SMILES string of the molecule is Cc1ccc(C(C)C)c(OCC(=O)NN=Cc2ccc3ccccc3c2)c1. The molecule has 0 unspecified atom stereocenters. The van der Waals surface area contributed by atoms with Crippen molar-refractivity contribution < 1.29 is 9.53 Å². The van der Waals surface area contributed by atoms with Gasteiger partial charge >= 0.3 is 0 Å². The zero-order chi connectivity index (χ0) is 19.2. The summed E-state index contributed by atoms with van der Waals surface area (Å²) in [4.78, 5) is 12.0. The van der Waals surface area contributed by atoms with Crippen LogP contribution in [-0.2, 0) is 4.79 Å². The largest absolute Gasteiger partial charge is 0.483 e. The van der Waals surface area contributed by atoms with E-state index in [1.165, 1.54) is 5.39 Å². The van der Waals surface area contributed by atoms with Crippen LogP contribution in [0.4, 0.5) is 0 Å². The standard InChI is InChI=1S/C23H24N2O2/c1-16(2)21-11-8-17(3)12-22(21)27-15-23(26)25-24-14-18-9-10-19-6-4-5-7-20(19)13-18/h4-14,16H,15H2,1-3H3,(H,25,26). The maximum atomic E-state index is 12.0. The molecule has 0 saturated heterocycles. The highest BCUT2D eigenvalue weighted by Crippen LogP contribution is 2.27. The Kier molecular flexibility index (Phi) is 5.87. The lowest BCUT2D eigenvalue weighted by atomic mass is 10.0. The average molecular weight is 360 g/mol. The van der Waals surface area contributed by atoms with Gasteiger partial charge < -0.3 is 4.74 Å². The molecule has 0 radical (unpaired) electrons. The fourth-order valence-electron chi connectivity index (χ4n) is 2.89. The van der Waals surface area contributed by atoms with E-state index in [2.05, 4.69) is 36.5 Å². The van der Waals surface area contributed by atoms with Gasteiger partial charge in [-0.2, -0.15) is 5.10 Å². The summed E-state index contributed by atoms with van der Waals surface area (Å²) in [5.41, 5.74) is 5.64. The normalized spacial score (nSPS) is 11.3. The number of hydrogen-bond acceptors (Lipinski definition) is 3. The molecule has 0 bridgehead atoms. The Bertz CT molecular complexity index is 977. The van der Waals surface area contributed by atoms with E-state index in [0.717, 1.165) is 27.8 Å². The van der Waals surface area contributed by atoms with E-state index in [-0.39, 0.29) is 12.5 Å². The second kappa shape index (κ2) is 8.49. The number of fused-ring (bicyclic) bond motifs is 1. The first-order valence-electron chi connectivity index (χ1n) is 9.07. The smallest absolute Gasteiger partial charge is 0.277 e. The topological polar surface area (TPSA) is 50.7 Å². The maximum absolute atomic E-state index is 12.0. The number of amides is 1. The van der Waals surface area contributed by atoms with E-state index in [1.807, 2.05) is 55.5 Å². The van der Waals surface area contributed by atoms with Gasteiger partial charge in [0.05, 0.1) is 6.21 Å². The predicted molar refractivity (Wildman–Crippen MR) is 110 cm³/mol. The molecule has 0 atom stereocenters. The molecule has 0 fully saturated rings. The van der Waals surface area contributed by atoms with Gasteiger partial charge in [0, 0.05) is 0 Å². The van der Waals surface area contributed by atoms with Crippen LogP contribution in [-0.4, -0.2) is 18.7 Å². The van der Waals surface area contributed by atoms with E-state index >= 15 is 0 Å². The number of nitrogens with one attached hydrogen (secondary N) is 1. The number of carbonyl (C=O) groups is 1.